The Bertz CT molecular complexity index is 319. The maximum atomic E-state index is 8.55. The second-order valence-corrected chi connectivity index (χ2v) is 5.37. The Hall–Kier alpha value is 9.95. The van der Waals surface area contributed by atoms with Crippen molar-refractivity contribution in [1.29, 1.82) is 0 Å². The van der Waals surface area contributed by atoms with Gasteiger partial charge in [0.05, 0.1) is 0 Å². The molecule has 0 saturated heterocycles. The molecule has 0 heterocycles. The molecular formula is H6Ba3O16P4Ti3Zr3. The van der Waals surface area contributed by atoms with Crippen LogP contribution in [0.15, 0.2) is 0 Å². The minimum Gasteiger partial charge on any atom is 0 e. The first kappa shape index (κ1) is 83.3. The third-order valence-electron chi connectivity index (χ3n) is 0. The predicted octanol–water partition coefficient (Wildman–Crippen LogP) is -14.1. The van der Waals surface area contributed by atoms with E-state index in [4.69, 9.17) is 77.0 Å². The molecule has 0 aromatic heterocycles. The molecule has 0 N–H and O–H groups in total. The van der Waals surface area contributed by atoms with Crippen LogP contribution in [0.3, 0.4) is 0 Å². The Morgan fingerprint density at radius 3 is 0.310 bits per heavy atom. The molecule has 0 radical (unpaired) electrons. The van der Waals surface area contributed by atoms with Gasteiger partial charge in [0, 0.05) is 65.2 Å². The van der Waals surface area contributed by atoms with Crippen molar-refractivity contribution in [2.24, 2.45) is 0 Å². The van der Waals surface area contributed by atoms with E-state index >= 15 is 0 Å². The topological polar surface area (TPSA) is 345 Å². The smallest absolute Gasteiger partial charge is 0 e. The van der Waals surface area contributed by atoms with Crippen molar-refractivity contribution in [2.45, 2.75) is 0 Å². The Morgan fingerprint density at radius 1 is 0.310 bits per heavy atom. The molecular weight excluding hydrogens is 1210 g/mol. The Kier molecular flexibility index (Phi) is 129. The van der Waals surface area contributed by atoms with Gasteiger partial charge in [0.2, 0.25) is 0 Å². The second-order valence-electron chi connectivity index (χ2n) is 1.79. The van der Waals surface area contributed by atoms with Gasteiger partial charge in [-0.3, -0.25) is 0 Å². The van der Waals surface area contributed by atoms with Gasteiger partial charge in [-0.05, 0) is 0 Å². The maximum absolute atomic E-state index is 8.55. The van der Waals surface area contributed by atoms with Crippen LogP contribution in [0, 0.1) is 0 Å². The summed E-state index contributed by atoms with van der Waals surface area (Å²) in [6.45, 7) is 0. The van der Waals surface area contributed by atoms with E-state index in [2.05, 4.69) is 0 Å². The van der Waals surface area contributed by atoms with Crippen LogP contribution < -0.4 is 58.7 Å². The average molecular weight is 1220 g/mol. The van der Waals surface area contributed by atoms with Gasteiger partial charge in [0.15, 0.2) is 0 Å². The molecule has 152 valence electrons. The molecule has 0 fully saturated rings. The molecule has 0 aliphatic carbocycles. The monoisotopic (exact) mass is 1210 g/mol. The van der Waals surface area contributed by atoms with Gasteiger partial charge < -0.3 is 77.0 Å². The van der Waals surface area contributed by atoms with Crippen molar-refractivity contribution < 1.29 is 221 Å². The van der Waals surface area contributed by atoms with Crippen LogP contribution in [0.4, 0.5) is 0 Å². The molecule has 0 unspecified atom stereocenters. The first-order valence-corrected chi connectivity index (χ1v) is 8.76. The summed E-state index contributed by atoms with van der Waals surface area (Å²) < 4.78 is 34.2. The SMILES string of the molecule is O=P([O-])([O-])[O-].O=P([O-])([O-])[O-].O=P([O-])([O-])[O-].O=P([O-])([O-])[O-].[BaH2].[BaH2].[BaH2].[Ti].[Ti].[Ti].[Zr+4].[Zr+4].[Zr+4]. The average Bonchev–Trinajstić information content (AvgIpc) is 1.62. The van der Waals surface area contributed by atoms with E-state index in [9.17, 15) is 0 Å². The number of rotatable bonds is 0. The molecule has 0 bridgehead atoms. The third kappa shape index (κ3) is 496. The number of hydrogen-bond acceptors (Lipinski definition) is 16. The largest absolute Gasteiger partial charge is 4.00 e. The molecule has 0 rings (SSSR count). The van der Waals surface area contributed by atoms with E-state index in [1.54, 1.807) is 0 Å². The summed E-state index contributed by atoms with van der Waals surface area (Å²) in [5.41, 5.74) is 0. The molecule has 0 spiro atoms. The summed E-state index contributed by atoms with van der Waals surface area (Å²) in [6, 6.07) is 0. The first-order chi connectivity index (χ1) is 8.00. The van der Waals surface area contributed by atoms with Crippen molar-refractivity contribution in [3.05, 3.63) is 0 Å². The van der Waals surface area contributed by atoms with Gasteiger partial charge in [-0.15, -0.1) is 0 Å². The van der Waals surface area contributed by atoms with E-state index in [1.807, 2.05) is 0 Å². The van der Waals surface area contributed by atoms with Crippen LogP contribution in [0.25, 0.3) is 0 Å². The third-order valence-corrected chi connectivity index (χ3v) is 0. The zero-order valence-electron chi connectivity index (χ0n) is 11.3. The number of hydrogen-bond donors (Lipinski definition) is 0. The van der Waals surface area contributed by atoms with E-state index in [1.165, 1.54) is 0 Å². The minimum absolute atomic E-state index is 0. The van der Waals surface area contributed by atoms with Crippen LogP contribution in [0.1, 0.15) is 0 Å². The van der Waals surface area contributed by atoms with Gasteiger partial charge >= 0.3 is 225 Å². The van der Waals surface area contributed by atoms with E-state index in [0.29, 0.717) is 0 Å². The quantitative estimate of drug-likeness (QED) is 0.161. The van der Waals surface area contributed by atoms with E-state index in [0.717, 1.165) is 0 Å². The number of phosphoric acid groups is 4. The fraction of sp³-hybridized carbons (Fsp3) is 0. The van der Waals surface area contributed by atoms with E-state index < -0.39 is 31.3 Å². The summed E-state index contributed by atoms with van der Waals surface area (Å²) in [6.07, 6.45) is 0. The molecule has 0 amide bonds. The van der Waals surface area contributed by atoms with E-state index in [-0.39, 0.29) is 290 Å². The van der Waals surface area contributed by atoms with Crippen LogP contribution in [-0.2, 0) is 162 Å². The summed E-state index contributed by atoms with van der Waals surface area (Å²) in [7, 11) is -21.6. The van der Waals surface area contributed by atoms with Gasteiger partial charge in [-0.25, -0.2) is 0 Å². The molecule has 0 aliphatic heterocycles. The van der Waals surface area contributed by atoms with Crippen molar-refractivity contribution in [3.8, 4) is 0 Å². The van der Waals surface area contributed by atoms with Crippen molar-refractivity contribution in [3.63, 3.8) is 0 Å². The molecule has 0 atom stereocenters. The Balaban J connectivity index is -0.00000000970. The molecule has 29 heavy (non-hydrogen) atoms. The second kappa shape index (κ2) is 44.9. The molecule has 0 aromatic rings. The fourth-order valence-corrected chi connectivity index (χ4v) is 0. The summed E-state index contributed by atoms with van der Waals surface area (Å²) in [4.78, 5) is 103. The predicted molar refractivity (Wildman–Crippen MR) is 56.1 cm³/mol. The maximum Gasteiger partial charge on any atom is 4.00 e. The molecule has 0 saturated carbocycles. The van der Waals surface area contributed by atoms with Crippen LogP contribution in [0.5, 0.6) is 0 Å². The normalized spacial score (nSPS) is 8.14. The van der Waals surface area contributed by atoms with Crippen LogP contribution in [0.2, 0.25) is 0 Å². The van der Waals surface area contributed by atoms with Gasteiger partial charge in [0.1, 0.15) is 0 Å². The zero-order chi connectivity index (χ0) is 18.0. The van der Waals surface area contributed by atoms with Crippen molar-refractivity contribution in [2.75, 3.05) is 0 Å². The first-order valence-electron chi connectivity index (χ1n) is 2.92. The Morgan fingerprint density at radius 2 is 0.310 bits per heavy atom. The van der Waals surface area contributed by atoms with Gasteiger partial charge in [-0.1, -0.05) is 0 Å². The minimum atomic E-state index is -5.39. The van der Waals surface area contributed by atoms with Crippen molar-refractivity contribution >= 4 is 178 Å². The molecule has 0 aromatic carbocycles. The van der Waals surface area contributed by atoms with Crippen molar-refractivity contribution in [1.82, 2.24) is 0 Å². The Labute approximate surface area is 388 Å². The van der Waals surface area contributed by atoms with Crippen LogP contribution in [-0.4, -0.2) is 147 Å². The standard InChI is InChI=1S/3Ba.4H3O4P.3Ti.3Zr.6H/c;;;4*1-5(2,3)4;;;;;;;;;;;;/h;;;4*(H3,1,2,3,4);;;;;;;;;;;;/q;;;;;;;;;;3*+4;;;;;;/p-12. The van der Waals surface area contributed by atoms with Crippen LogP contribution >= 0.6 is 31.3 Å². The zero-order valence-corrected chi connectivity index (χ0v) is 27.0. The summed E-state index contributed by atoms with van der Waals surface area (Å²) in [5, 5.41) is 0. The van der Waals surface area contributed by atoms with Gasteiger partial charge in [-0.2, -0.15) is 31.3 Å². The summed E-state index contributed by atoms with van der Waals surface area (Å²) >= 11 is 0. The molecule has 0 aliphatic rings. The summed E-state index contributed by atoms with van der Waals surface area (Å²) in [5.74, 6) is 0. The van der Waals surface area contributed by atoms with Gasteiger partial charge in [0.25, 0.3) is 0 Å². The molecule has 29 heteroatoms. The molecule has 16 nitrogen and oxygen atoms in total. The fourth-order valence-electron chi connectivity index (χ4n) is 0.